The van der Waals surface area contributed by atoms with Gasteiger partial charge in [0.15, 0.2) is 0 Å². The van der Waals surface area contributed by atoms with Gasteiger partial charge in [0.25, 0.3) is 0 Å². The van der Waals surface area contributed by atoms with Gasteiger partial charge in [0, 0.05) is 19.0 Å². The number of hydrogen-bond acceptors (Lipinski definition) is 2. The van der Waals surface area contributed by atoms with E-state index in [0.29, 0.717) is 18.4 Å². The Morgan fingerprint density at radius 3 is 2.71 bits per heavy atom. The van der Waals surface area contributed by atoms with Crippen LogP contribution < -0.4 is 11.1 Å². The van der Waals surface area contributed by atoms with Gasteiger partial charge >= 0.3 is 0 Å². The summed E-state index contributed by atoms with van der Waals surface area (Å²) in [6.45, 7) is 2.97. The van der Waals surface area contributed by atoms with Crippen LogP contribution >= 0.6 is 0 Å². The van der Waals surface area contributed by atoms with Crippen LogP contribution in [0.4, 0.5) is 0 Å². The Hall–Kier alpha value is -0.570. The summed E-state index contributed by atoms with van der Waals surface area (Å²) >= 11 is 0. The van der Waals surface area contributed by atoms with Gasteiger partial charge in [-0.15, -0.1) is 0 Å². The number of amides is 1. The molecule has 3 heteroatoms. The molecular formula is C14H28N2O. The smallest absolute Gasteiger partial charge is 0.220 e. The van der Waals surface area contributed by atoms with E-state index in [9.17, 15) is 4.79 Å². The normalized spacial score (nSPS) is 24.6. The first kappa shape index (κ1) is 14.5. The third-order valence-electron chi connectivity index (χ3n) is 3.79. The van der Waals surface area contributed by atoms with E-state index in [-0.39, 0.29) is 5.91 Å². The Kier molecular flexibility index (Phi) is 7.25. The van der Waals surface area contributed by atoms with Gasteiger partial charge < -0.3 is 11.1 Å². The van der Waals surface area contributed by atoms with Gasteiger partial charge in [-0.05, 0) is 25.2 Å². The molecule has 1 aliphatic carbocycles. The highest BCUT2D eigenvalue weighted by atomic mass is 16.1. The predicted octanol–water partition coefficient (Wildman–Crippen LogP) is 2.59. The molecule has 2 unspecified atom stereocenters. The van der Waals surface area contributed by atoms with Crippen LogP contribution in [0, 0.1) is 5.92 Å². The summed E-state index contributed by atoms with van der Waals surface area (Å²) in [5.41, 5.74) is 6.05. The topological polar surface area (TPSA) is 55.1 Å². The molecule has 3 nitrogen and oxygen atoms in total. The molecule has 0 aromatic rings. The maximum absolute atomic E-state index is 11.6. The zero-order valence-electron chi connectivity index (χ0n) is 11.2. The number of unbranched alkanes of at least 4 members (excludes halogenated alkanes) is 3. The first-order valence-electron chi connectivity index (χ1n) is 7.26. The molecule has 3 N–H and O–H groups in total. The highest BCUT2D eigenvalue weighted by molar-refractivity contribution is 5.75. The van der Waals surface area contributed by atoms with Crippen LogP contribution in [-0.2, 0) is 4.79 Å². The van der Waals surface area contributed by atoms with Crippen molar-refractivity contribution in [1.29, 1.82) is 0 Å². The van der Waals surface area contributed by atoms with Crippen LogP contribution in [0.3, 0.4) is 0 Å². The molecule has 2 atom stereocenters. The maximum atomic E-state index is 11.6. The monoisotopic (exact) mass is 240 g/mol. The van der Waals surface area contributed by atoms with E-state index in [4.69, 9.17) is 5.73 Å². The zero-order chi connectivity index (χ0) is 12.5. The highest BCUT2D eigenvalue weighted by Gasteiger charge is 2.21. The van der Waals surface area contributed by atoms with Crippen molar-refractivity contribution in [2.24, 2.45) is 11.7 Å². The number of carbonyl (C=O) groups excluding carboxylic acids is 1. The standard InChI is InChI=1S/C14H28N2O/c1-2-3-4-5-10-14(17)16-11-12-8-6-7-9-13(12)15/h12-13H,2-11,15H2,1H3,(H,16,17). The van der Waals surface area contributed by atoms with Crippen molar-refractivity contribution in [3.05, 3.63) is 0 Å². The lowest BCUT2D eigenvalue weighted by molar-refractivity contribution is -0.121. The molecule has 0 heterocycles. The van der Waals surface area contributed by atoms with Gasteiger partial charge in [0.2, 0.25) is 5.91 Å². The largest absolute Gasteiger partial charge is 0.356 e. The zero-order valence-corrected chi connectivity index (χ0v) is 11.2. The number of carbonyl (C=O) groups is 1. The van der Waals surface area contributed by atoms with Crippen LogP contribution in [0.25, 0.3) is 0 Å². The molecule has 0 spiro atoms. The van der Waals surface area contributed by atoms with Crippen molar-refractivity contribution >= 4 is 5.91 Å². The lowest BCUT2D eigenvalue weighted by Gasteiger charge is -2.28. The van der Waals surface area contributed by atoms with E-state index in [0.717, 1.165) is 19.4 Å². The van der Waals surface area contributed by atoms with Crippen molar-refractivity contribution in [3.8, 4) is 0 Å². The second-order valence-electron chi connectivity index (χ2n) is 5.32. The van der Waals surface area contributed by atoms with Gasteiger partial charge in [-0.3, -0.25) is 4.79 Å². The van der Waals surface area contributed by atoms with Gasteiger partial charge in [0.05, 0.1) is 0 Å². The van der Waals surface area contributed by atoms with Crippen LogP contribution in [0.15, 0.2) is 0 Å². The highest BCUT2D eigenvalue weighted by Crippen LogP contribution is 2.22. The van der Waals surface area contributed by atoms with Gasteiger partial charge in [-0.2, -0.15) is 0 Å². The third-order valence-corrected chi connectivity index (χ3v) is 3.79. The number of nitrogens with one attached hydrogen (secondary N) is 1. The van der Waals surface area contributed by atoms with Gasteiger partial charge in [-0.25, -0.2) is 0 Å². The number of rotatable bonds is 7. The molecule has 0 aliphatic heterocycles. The lowest BCUT2D eigenvalue weighted by Crippen LogP contribution is -2.41. The summed E-state index contributed by atoms with van der Waals surface area (Å²) in [6, 6.07) is 0.296. The number of nitrogens with two attached hydrogens (primary N) is 1. The average molecular weight is 240 g/mol. The minimum Gasteiger partial charge on any atom is -0.356 e. The average Bonchev–Trinajstić information content (AvgIpc) is 2.34. The van der Waals surface area contributed by atoms with Gasteiger partial charge in [-0.1, -0.05) is 39.0 Å². The predicted molar refractivity (Wildman–Crippen MR) is 71.7 cm³/mol. The molecule has 1 aliphatic rings. The van der Waals surface area contributed by atoms with Crippen molar-refractivity contribution in [2.45, 2.75) is 70.8 Å². The molecule has 0 aromatic heterocycles. The Morgan fingerprint density at radius 2 is 2.00 bits per heavy atom. The Labute approximate surface area is 106 Å². The summed E-state index contributed by atoms with van der Waals surface area (Å²) in [4.78, 5) is 11.6. The summed E-state index contributed by atoms with van der Waals surface area (Å²) in [6.07, 6.45) is 10.2. The maximum Gasteiger partial charge on any atom is 0.220 e. The quantitative estimate of drug-likeness (QED) is 0.672. The Morgan fingerprint density at radius 1 is 1.24 bits per heavy atom. The molecule has 1 fully saturated rings. The van der Waals surface area contributed by atoms with E-state index in [1.54, 1.807) is 0 Å². The fourth-order valence-electron chi connectivity index (χ4n) is 2.54. The molecule has 0 saturated heterocycles. The third kappa shape index (κ3) is 6.06. The number of hydrogen-bond donors (Lipinski definition) is 2. The first-order chi connectivity index (χ1) is 8.24. The Bertz CT molecular complexity index is 218. The van der Waals surface area contributed by atoms with Crippen molar-refractivity contribution in [1.82, 2.24) is 5.32 Å². The molecule has 1 saturated carbocycles. The van der Waals surface area contributed by atoms with E-state index in [1.807, 2.05) is 0 Å². The molecule has 17 heavy (non-hydrogen) atoms. The SMILES string of the molecule is CCCCCCC(=O)NCC1CCCCC1N. The molecule has 100 valence electrons. The van der Waals surface area contributed by atoms with Crippen molar-refractivity contribution in [2.75, 3.05) is 6.54 Å². The molecule has 0 aromatic carbocycles. The molecule has 0 radical (unpaired) electrons. The van der Waals surface area contributed by atoms with E-state index < -0.39 is 0 Å². The van der Waals surface area contributed by atoms with Crippen LogP contribution in [0.1, 0.15) is 64.7 Å². The minimum atomic E-state index is 0.207. The van der Waals surface area contributed by atoms with E-state index in [1.165, 1.54) is 38.5 Å². The second-order valence-corrected chi connectivity index (χ2v) is 5.32. The first-order valence-corrected chi connectivity index (χ1v) is 7.26. The summed E-state index contributed by atoms with van der Waals surface area (Å²) in [5.74, 6) is 0.710. The van der Waals surface area contributed by atoms with Crippen LogP contribution in [0.5, 0.6) is 0 Å². The Balaban J connectivity index is 2.06. The summed E-state index contributed by atoms with van der Waals surface area (Å²) in [7, 11) is 0. The van der Waals surface area contributed by atoms with Crippen molar-refractivity contribution < 1.29 is 4.79 Å². The lowest BCUT2D eigenvalue weighted by atomic mass is 9.85. The van der Waals surface area contributed by atoms with Crippen molar-refractivity contribution in [3.63, 3.8) is 0 Å². The molecule has 1 amide bonds. The van der Waals surface area contributed by atoms with E-state index in [2.05, 4.69) is 12.2 Å². The summed E-state index contributed by atoms with van der Waals surface area (Å²) in [5, 5.41) is 3.04. The van der Waals surface area contributed by atoms with Crippen LogP contribution in [-0.4, -0.2) is 18.5 Å². The molecular weight excluding hydrogens is 212 g/mol. The molecule has 0 bridgehead atoms. The van der Waals surface area contributed by atoms with Crippen LogP contribution in [0.2, 0.25) is 0 Å². The fraction of sp³-hybridized carbons (Fsp3) is 0.929. The minimum absolute atomic E-state index is 0.207. The molecule has 1 rings (SSSR count). The van der Waals surface area contributed by atoms with E-state index >= 15 is 0 Å². The fourth-order valence-corrected chi connectivity index (χ4v) is 2.54. The summed E-state index contributed by atoms with van der Waals surface area (Å²) < 4.78 is 0. The van der Waals surface area contributed by atoms with Gasteiger partial charge in [0.1, 0.15) is 0 Å². The second kappa shape index (κ2) is 8.51.